The van der Waals surface area contributed by atoms with Gasteiger partial charge in [-0.15, -0.1) is 0 Å². The second-order valence-electron chi connectivity index (χ2n) is 6.75. The molecular formula is C20H17N2O5-. The molecule has 2 aliphatic rings. The highest BCUT2D eigenvalue weighted by Crippen LogP contribution is 2.50. The maximum Gasteiger partial charge on any atom is 0.311 e. The van der Waals surface area contributed by atoms with Gasteiger partial charge in [-0.2, -0.15) is 0 Å². The van der Waals surface area contributed by atoms with Crippen LogP contribution in [0.2, 0.25) is 0 Å². The summed E-state index contributed by atoms with van der Waals surface area (Å²) >= 11 is 0. The monoisotopic (exact) mass is 365 g/mol. The molecule has 0 aromatic heterocycles. The van der Waals surface area contributed by atoms with Crippen LogP contribution < -0.4 is 15.2 Å². The molecule has 4 rings (SSSR count). The van der Waals surface area contributed by atoms with Gasteiger partial charge < -0.3 is 20.0 Å². The van der Waals surface area contributed by atoms with Gasteiger partial charge in [-0.3, -0.25) is 10.1 Å². The van der Waals surface area contributed by atoms with E-state index in [2.05, 4.69) is 17.5 Å². The molecule has 0 saturated carbocycles. The molecule has 138 valence electrons. The molecule has 1 heterocycles. The zero-order valence-electron chi connectivity index (χ0n) is 14.5. The highest BCUT2D eigenvalue weighted by atomic mass is 16.6. The second kappa shape index (κ2) is 6.42. The Morgan fingerprint density at radius 2 is 2.07 bits per heavy atom. The second-order valence-corrected chi connectivity index (χ2v) is 6.75. The summed E-state index contributed by atoms with van der Waals surface area (Å²) in [6.45, 7) is 0. The van der Waals surface area contributed by atoms with Gasteiger partial charge in [-0.25, -0.2) is 0 Å². The quantitative estimate of drug-likeness (QED) is 0.507. The highest BCUT2D eigenvalue weighted by molar-refractivity contribution is 5.87. The number of carboxylic acid groups (broad SMARTS) is 1. The Hall–Kier alpha value is -3.35. The van der Waals surface area contributed by atoms with Gasteiger partial charge in [0.05, 0.1) is 24.0 Å². The van der Waals surface area contributed by atoms with Gasteiger partial charge in [0.2, 0.25) is 0 Å². The molecular weight excluding hydrogens is 348 g/mol. The van der Waals surface area contributed by atoms with Gasteiger partial charge in [-0.1, -0.05) is 24.3 Å². The lowest BCUT2D eigenvalue weighted by molar-refractivity contribution is -0.385. The Morgan fingerprint density at radius 1 is 1.26 bits per heavy atom. The van der Waals surface area contributed by atoms with Crippen molar-refractivity contribution in [1.29, 1.82) is 0 Å². The van der Waals surface area contributed by atoms with Crippen molar-refractivity contribution in [2.45, 2.75) is 18.4 Å². The van der Waals surface area contributed by atoms with Crippen LogP contribution in [0.4, 0.5) is 11.4 Å². The molecule has 2 aromatic rings. The van der Waals surface area contributed by atoms with E-state index in [0.717, 1.165) is 23.2 Å². The predicted molar refractivity (Wildman–Crippen MR) is 96.8 cm³/mol. The molecule has 0 saturated heterocycles. The summed E-state index contributed by atoms with van der Waals surface area (Å²) in [5.74, 6) is -0.793. The van der Waals surface area contributed by atoms with Crippen molar-refractivity contribution < 1.29 is 19.6 Å². The molecule has 1 aliphatic heterocycles. The number of nitro benzene ring substituents is 1. The third-order valence-corrected chi connectivity index (χ3v) is 5.36. The number of anilines is 1. The molecule has 2 aromatic carbocycles. The number of hydrogen-bond donors (Lipinski definition) is 1. The molecule has 3 atom stereocenters. The first-order valence-electron chi connectivity index (χ1n) is 8.60. The molecule has 0 fully saturated rings. The van der Waals surface area contributed by atoms with Crippen molar-refractivity contribution in [1.82, 2.24) is 0 Å². The number of benzene rings is 2. The van der Waals surface area contributed by atoms with Crippen LogP contribution in [0.5, 0.6) is 5.75 Å². The Bertz CT molecular complexity index is 969. The Morgan fingerprint density at radius 3 is 2.78 bits per heavy atom. The molecule has 0 unspecified atom stereocenters. The Balaban J connectivity index is 1.77. The van der Waals surface area contributed by atoms with Gasteiger partial charge in [0.15, 0.2) is 5.75 Å². The van der Waals surface area contributed by atoms with Crippen LogP contribution in [0.3, 0.4) is 0 Å². The van der Waals surface area contributed by atoms with E-state index in [4.69, 9.17) is 4.74 Å². The third kappa shape index (κ3) is 2.81. The SMILES string of the molecule is COc1ccc([C@H]2Nc3ccc(C(=O)[O-])cc3[C@H]3C=CC[C@@H]32)cc1[N+](=O)[O-]. The number of rotatable bonds is 4. The van der Waals surface area contributed by atoms with Crippen LogP contribution in [0.15, 0.2) is 48.6 Å². The maximum atomic E-state index is 11.4. The molecule has 0 spiro atoms. The average Bonchev–Trinajstić information content (AvgIpc) is 3.16. The number of nitrogens with zero attached hydrogens (tertiary/aromatic N) is 1. The molecule has 0 amide bonds. The Kier molecular flexibility index (Phi) is 4.07. The summed E-state index contributed by atoms with van der Waals surface area (Å²) in [6, 6.07) is 9.75. The van der Waals surface area contributed by atoms with E-state index in [9.17, 15) is 20.0 Å². The molecule has 0 radical (unpaired) electrons. The number of carboxylic acids is 1. The van der Waals surface area contributed by atoms with Crippen molar-refractivity contribution in [2.75, 3.05) is 12.4 Å². The minimum absolute atomic E-state index is 0.0479. The first-order chi connectivity index (χ1) is 13.0. The van der Waals surface area contributed by atoms with Gasteiger partial charge in [0.1, 0.15) is 0 Å². The van der Waals surface area contributed by atoms with Crippen molar-refractivity contribution in [3.8, 4) is 5.75 Å². The van der Waals surface area contributed by atoms with Crippen LogP contribution in [0.1, 0.15) is 39.9 Å². The lowest BCUT2D eigenvalue weighted by Crippen LogP contribution is -2.30. The van der Waals surface area contributed by atoms with Crippen molar-refractivity contribution in [2.24, 2.45) is 5.92 Å². The molecule has 1 N–H and O–H groups in total. The minimum atomic E-state index is -1.20. The van der Waals surface area contributed by atoms with Crippen molar-refractivity contribution in [3.63, 3.8) is 0 Å². The van der Waals surface area contributed by atoms with E-state index in [0.29, 0.717) is 0 Å². The average molecular weight is 365 g/mol. The summed E-state index contributed by atoms with van der Waals surface area (Å²) in [5, 5.41) is 26.0. The van der Waals surface area contributed by atoms with Crippen molar-refractivity contribution >= 4 is 17.3 Å². The first kappa shape index (κ1) is 17.1. The number of ether oxygens (including phenoxy) is 1. The topological polar surface area (TPSA) is 105 Å². The molecule has 7 heteroatoms. The van der Waals surface area contributed by atoms with E-state index >= 15 is 0 Å². The summed E-state index contributed by atoms with van der Waals surface area (Å²) < 4.78 is 5.09. The molecule has 27 heavy (non-hydrogen) atoms. The number of aromatic carboxylic acids is 1. The lowest BCUT2D eigenvalue weighted by Gasteiger charge is -2.37. The normalized spacial score (nSPS) is 22.5. The highest BCUT2D eigenvalue weighted by Gasteiger charge is 2.38. The summed E-state index contributed by atoms with van der Waals surface area (Å²) in [7, 11) is 1.41. The first-order valence-corrected chi connectivity index (χ1v) is 8.60. The van der Waals surface area contributed by atoms with Crippen molar-refractivity contribution in [3.05, 3.63) is 75.4 Å². The maximum absolute atomic E-state index is 11.4. The zero-order valence-corrected chi connectivity index (χ0v) is 14.5. The van der Waals surface area contributed by atoms with Crippen LogP contribution in [-0.4, -0.2) is 18.0 Å². The summed E-state index contributed by atoms with van der Waals surface area (Å²) in [5.41, 5.74) is 2.62. The van der Waals surface area contributed by atoms with E-state index in [1.807, 2.05) is 6.07 Å². The van der Waals surface area contributed by atoms with E-state index in [1.54, 1.807) is 24.3 Å². The molecule has 1 aliphatic carbocycles. The summed E-state index contributed by atoms with van der Waals surface area (Å²) in [6.07, 6.45) is 4.95. The number of nitrogens with one attached hydrogen (secondary N) is 1. The van der Waals surface area contributed by atoms with Crippen LogP contribution in [0.25, 0.3) is 0 Å². The Labute approximate surface area is 155 Å². The number of carbonyl (C=O) groups is 1. The number of allylic oxidation sites excluding steroid dienone is 2. The largest absolute Gasteiger partial charge is 0.545 e. The predicted octanol–water partition coefficient (Wildman–Crippen LogP) is 2.79. The number of hydrogen-bond acceptors (Lipinski definition) is 6. The van der Waals surface area contributed by atoms with Gasteiger partial charge >= 0.3 is 5.69 Å². The van der Waals surface area contributed by atoms with Gasteiger partial charge in [0, 0.05) is 17.7 Å². The molecule has 7 nitrogen and oxygen atoms in total. The number of fused-ring (bicyclic) bond motifs is 3. The van der Waals surface area contributed by atoms with E-state index in [1.165, 1.54) is 13.2 Å². The number of methoxy groups -OCH3 is 1. The summed E-state index contributed by atoms with van der Waals surface area (Å²) in [4.78, 5) is 22.1. The minimum Gasteiger partial charge on any atom is -0.545 e. The fourth-order valence-corrected chi connectivity index (χ4v) is 4.09. The van der Waals surface area contributed by atoms with Gasteiger partial charge in [-0.05, 0) is 47.2 Å². The zero-order chi connectivity index (χ0) is 19.1. The fourth-order valence-electron chi connectivity index (χ4n) is 4.09. The number of nitro groups is 1. The standard InChI is InChI=1S/C20H18N2O5/c1-27-18-8-6-11(10-17(18)22(25)26)19-14-4-2-3-13(14)15-9-12(20(23)24)5-7-16(15)21-19/h2-3,5-10,13-14,19,21H,4H2,1H3,(H,23,24)/p-1/t13-,14-,19+/m0/s1. The van der Waals surface area contributed by atoms with E-state index in [-0.39, 0.29) is 34.9 Å². The van der Waals surface area contributed by atoms with Crippen LogP contribution in [-0.2, 0) is 0 Å². The smallest absolute Gasteiger partial charge is 0.311 e. The van der Waals surface area contributed by atoms with Crippen LogP contribution in [0, 0.1) is 16.0 Å². The third-order valence-electron chi connectivity index (χ3n) is 5.36. The lowest BCUT2D eigenvalue weighted by atomic mass is 9.76. The van der Waals surface area contributed by atoms with E-state index < -0.39 is 10.9 Å². The van der Waals surface area contributed by atoms with Crippen LogP contribution >= 0.6 is 0 Å². The fraction of sp³-hybridized carbons (Fsp3) is 0.250. The van der Waals surface area contributed by atoms with Gasteiger partial charge in [0.25, 0.3) is 0 Å². The molecule has 0 bridgehead atoms. The number of carbonyl (C=O) groups excluding carboxylic acids is 1.